The summed E-state index contributed by atoms with van der Waals surface area (Å²) in [6.45, 7) is 5.79. The Kier molecular flexibility index (Phi) is 7.66. The lowest BCUT2D eigenvalue weighted by molar-refractivity contribution is -0.116. The van der Waals surface area contributed by atoms with E-state index >= 15 is 0 Å². The van der Waals surface area contributed by atoms with E-state index < -0.39 is 10.7 Å². The molecule has 0 unspecified atom stereocenters. The highest BCUT2D eigenvalue weighted by Crippen LogP contribution is 2.21. The van der Waals surface area contributed by atoms with Crippen LogP contribution in [0.1, 0.15) is 16.8 Å². The van der Waals surface area contributed by atoms with Gasteiger partial charge in [0.25, 0.3) is 5.91 Å². The first-order valence-corrected chi connectivity index (χ1v) is 9.18. The molecule has 0 saturated carbocycles. The third kappa shape index (κ3) is 5.45. The Hall–Kier alpha value is -2.08. The normalized spacial score (nSPS) is 11.4. The number of amides is 1. The number of anilines is 1. The van der Waals surface area contributed by atoms with Crippen molar-refractivity contribution in [3.8, 4) is 0 Å². The summed E-state index contributed by atoms with van der Waals surface area (Å²) in [4.78, 5) is 21.7. The second-order valence-corrected chi connectivity index (χ2v) is 7.09. The zero-order valence-corrected chi connectivity index (χ0v) is 17.1. The Labute approximate surface area is 173 Å². The fourth-order valence-corrected chi connectivity index (χ4v) is 2.95. The number of pyridine rings is 1. The van der Waals surface area contributed by atoms with Crippen molar-refractivity contribution < 1.29 is 9.63 Å². The van der Waals surface area contributed by atoms with Crippen molar-refractivity contribution in [3.05, 3.63) is 71.0 Å². The molecule has 0 N–H and O–H groups in total. The number of allylic oxidation sites excluding steroid dienone is 1. The van der Waals surface area contributed by atoms with Crippen LogP contribution in [0.2, 0.25) is 5.02 Å². The van der Waals surface area contributed by atoms with Crippen LogP contribution >= 0.6 is 34.8 Å². The van der Waals surface area contributed by atoms with Gasteiger partial charge < -0.3 is 9.74 Å². The van der Waals surface area contributed by atoms with E-state index in [9.17, 15) is 4.79 Å². The summed E-state index contributed by atoms with van der Waals surface area (Å²) in [5, 5.41) is 4.68. The monoisotopic (exact) mass is 425 g/mol. The molecule has 0 aliphatic heterocycles. The third-order valence-corrected chi connectivity index (χ3v) is 4.44. The van der Waals surface area contributed by atoms with Crippen LogP contribution in [-0.2, 0) is 16.2 Å². The predicted octanol–water partition coefficient (Wildman–Crippen LogP) is 4.92. The predicted molar refractivity (Wildman–Crippen MR) is 111 cm³/mol. The molecule has 0 aliphatic carbocycles. The van der Waals surface area contributed by atoms with Crippen LogP contribution in [0.15, 0.2) is 54.3 Å². The lowest BCUT2D eigenvalue weighted by Crippen LogP contribution is -2.31. The molecule has 2 aromatic rings. The molecule has 0 radical (unpaired) electrons. The number of aromatic nitrogens is 1. The smallest absolute Gasteiger partial charge is 0.260 e. The molecule has 27 heavy (non-hydrogen) atoms. The lowest BCUT2D eigenvalue weighted by Gasteiger charge is -2.18. The molecule has 1 aromatic carbocycles. The number of aryl methyl sites for hydroxylation is 1. The van der Waals surface area contributed by atoms with E-state index in [2.05, 4.69) is 16.7 Å². The molecular formula is C19H18Cl3N3O2. The zero-order valence-electron chi connectivity index (χ0n) is 14.8. The molecule has 5 nitrogen and oxygen atoms in total. The number of hydrogen-bond acceptors (Lipinski definition) is 4. The molecule has 1 heterocycles. The van der Waals surface area contributed by atoms with Gasteiger partial charge in [0.1, 0.15) is 5.71 Å². The van der Waals surface area contributed by atoms with E-state index in [-0.39, 0.29) is 6.61 Å². The van der Waals surface area contributed by atoms with E-state index in [1.165, 1.54) is 4.90 Å². The molecule has 8 heteroatoms. The SMILES string of the molecule is C=C/C(=N\OCc1cc(N(C)C(=O)C(Cl)Cl)ccn1)c1c(C)cccc1Cl. The first-order valence-electron chi connectivity index (χ1n) is 7.93. The molecule has 0 saturated heterocycles. The van der Waals surface area contributed by atoms with Crippen LogP contribution in [0.4, 0.5) is 5.69 Å². The maximum Gasteiger partial charge on any atom is 0.260 e. The number of carbonyl (C=O) groups excluding carboxylic acids is 1. The average molecular weight is 427 g/mol. The summed E-state index contributed by atoms with van der Waals surface area (Å²) in [7, 11) is 1.58. The Morgan fingerprint density at radius 1 is 1.41 bits per heavy atom. The molecule has 142 valence electrons. The largest absolute Gasteiger partial charge is 0.389 e. The number of nitrogens with zero attached hydrogens (tertiary/aromatic N) is 3. The Morgan fingerprint density at radius 2 is 2.15 bits per heavy atom. The summed E-state index contributed by atoms with van der Waals surface area (Å²) in [5.74, 6) is -0.433. The summed E-state index contributed by atoms with van der Waals surface area (Å²) in [6.07, 6.45) is 3.14. The second kappa shape index (κ2) is 9.74. The molecule has 0 atom stereocenters. The summed E-state index contributed by atoms with van der Waals surface area (Å²) in [6, 6.07) is 8.93. The minimum absolute atomic E-state index is 0.0991. The van der Waals surface area contributed by atoms with E-state index in [1.54, 1.807) is 37.5 Å². The van der Waals surface area contributed by atoms with Gasteiger partial charge in [-0.15, -0.1) is 0 Å². The van der Waals surface area contributed by atoms with Crippen LogP contribution in [-0.4, -0.2) is 28.5 Å². The zero-order chi connectivity index (χ0) is 20.0. The lowest BCUT2D eigenvalue weighted by atomic mass is 10.0. The van der Waals surface area contributed by atoms with Gasteiger partial charge in [-0.2, -0.15) is 0 Å². The van der Waals surface area contributed by atoms with Crippen LogP contribution in [0.3, 0.4) is 0 Å². The van der Waals surface area contributed by atoms with Crippen molar-refractivity contribution in [2.45, 2.75) is 18.4 Å². The fraction of sp³-hybridized carbons (Fsp3) is 0.211. The van der Waals surface area contributed by atoms with Crippen molar-refractivity contribution >= 4 is 52.1 Å². The third-order valence-electron chi connectivity index (χ3n) is 3.75. The van der Waals surface area contributed by atoms with Gasteiger partial charge in [0.15, 0.2) is 11.4 Å². The topological polar surface area (TPSA) is 54.8 Å². The fourth-order valence-electron chi connectivity index (χ4n) is 2.34. The molecule has 1 aromatic heterocycles. The van der Waals surface area contributed by atoms with Crippen LogP contribution < -0.4 is 4.90 Å². The number of carbonyl (C=O) groups is 1. The van der Waals surface area contributed by atoms with E-state index in [0.717, 1.165) is 11.1 Å². The van der Waals surface area contributed by atoms with Gasteiger partial charge in [0, 0.05) is 24.5 Å². The van der Waals surface area contributed by atoms with Gasteiger partial charge in [-0.1, -0.05) is 58.7 Å². The quantitative estimate of drug-likeness (QED) is 0.359. The minimum Gasteiger partial charge on any atom is -0.389 e. The molecular weight excluding hydrogens is 409 g/mol. The van der Waals surface area contributed by atoms with Gasteiger partial charge in [-0.05, 0) is 36.8 Å². The number of oxime groups is 1. The highest BCUT2D eigenvalue weighted by molar-refractivity contribution is 6.54. The highest BCUT2D eigenvalue weighted by Gasteiger charge is 2.18. The van der Waals surface area contributed by atoms with Gasteiger partial charge in [0.2, 0.25) is 0 Å². The molecule has 2 rings (SSSR count). The van der Waals surface area contributed by atoms with E-state index in [0.29, 0.717) is 22.1 Å². The maximum atomic E-state index is 11.9. The van der Waals surface area contributed by atoms with Gasteiger partial charge in [0.05, 0.1) is 10.7 Å². The average Bonchev–Trinajstić information content (AvgIpc) is 2.65. The second-order valence-electron chi connectivity index (χ2n) is 5.59. The number of benzene rings is 1. The van der Waals surface area contributed by atoms with Crippen LogP contribution in [0, 0.1) is 6.92 Å². The number of rotatable bonds is 7. The van der Waals surface area contributed by atoms with Gasteiger partial charge >= 0.3 is 0 Å². The van der Waals surface area contributed by atoms with Gasteiger partial charge in [-0.25, -0.2) is 0 Å². The molecule has 1 amide bonds. The minimum atomic E-state index is -1.14. The maximum absolute atomic E-state index is 11.9. The summed E-state index contributed by atoms with van der Waals surface area (Å²) < 4.78 is 0. The Bertz CT molecular complexity index is 849. The van der Waals surface area contributed by atoms with Crippen molar-refractivity contribution in [1.29, 1.82) is 0 Å². The van der Waals surface area contributed by atoms with Gasteiger partial charge in [-0.3, -0.25) is 9.78 Å². The molecule has 0 aliphatic rings. The van der Waals surface area contributed by atoms with Crippen molar-refractivity contribution in [2.24, 2.45) is 5.16 Å². The highest BCUT2D eigenvalue weighted by atomic mass is 35.5. The first-order chi connectivity index (χ1) is 12.8. The Morgan fingerprint density at radius 3 is 2.78 bits per heavy atom. The van der Waals surface area contributed by atoms with Crippen LogP contribution in [0.25, 0.3) is 0 Å². The summed E-state index contributed by atoms with van der Waals surface area (Å²) in [5.41, 5.74) is 3.41. The number of hydrogen-bond donors (Lipinski definition) is 0. The van der Waals surface area contributed by atoms with E-state index in [4.69, 9.17) is 39.6 Å². The van der Waals surface area contributed by atoms with Crippen LogP contribution in [0.5, 0.6) is 0 Å². The van der Waals surface area contributed by atoms with Crippen molar-refractivity contribution in [1.82, 2.24) is 4.98 Å². The molecule has 0 fully saturated rings. The molecule has 0 spiro atoms. The summed E-state index contributed by atoms with van der Waals surface area (Å²) >= 11 is 17.5. The Balaban J connectivity index is 2.14. The standard InChI is InChI=1S/C19H18Cl3N3O2/c1-4-16(17-12(2)6-5-7-15(17)20)24-27-11-13-10-14(8-9-23-13)25(3)19(26)18(21)22/h4-10,18H,1,11H2,2-3H3/b24-16+. The van der Waals surface area contributed by atoms with Crippen molar-refractivity contribution in [2.75, 3.05) is 11.9 Å². The van der Waals surface area contributed by atoms with Crippen molar-refractivity contribution in [3.63, 3.8) is 0 Å². The number of alkyl halides is 2. The molecule has 0 bridgehead atoms. The first kappa shape index (κ1) is 21.2. The number of halogens is 3. The van der Waals surface area contributed by atoms with E-state index in [1.807, 2.05) is 19.1 Å².